The van der Waals surface area contributed by atoms with Crippen molar-refractivity contribution in [2.24, 2.45) is 11.8 Å². The Kier molecular flexibility index (Phi) is 7.37. The lowest BCUT2D eigenvalue weighted by Gasteiger charge is -2.20. The summed E-state index contributed by atoms with van der Waals surface area (Å²) < 4.78 is 12.8. The van der Waals surface area contributed by atoms with Crippen LogP contribution >= 0.6 is 0 Å². The van der Waals surface area contributed by atoms with Crippen molar-refractivity contribution < 1.29 is 14.3 Å². The molecule has 1 rings (SSSR count). The number of nitrogens with one attached hydrogen (secondary N) is 1. The first-order valence-electron chi connectivity index (χ1n) is 7.39. The molecule has 0 aliphatic rings. The minimum atomic E-state index is -0.642. The van der Waals surface area contributed by atoms with Gasteiger partial charge in [0.2, 0.25) is 5.91 Å². The van der Waals surface area contributed by atoms with E-state index in [-0.39, 0.29) is 17.6 Å². The van der Waals surface area contributed by atoms with Gasteiger partial charge in [0.15, 0.2) is 0 Å². The lowest BCUT2D eigenvalue weighted by molar-refractivity contribution is -0.125. The van der Waals surface area contributed by atoms with E-state index < -0.39 is 6.10 Å². The minimum absolute atomic E-state index is 0.0297. The molecule has 0 saturated carbocycles. The standard InChI is InChI=1S/C17H25FNO2/c1-12(2)10-14(17(21)19-3)11-16(20)9-6-13-4-7-15(18)8-5-13/h4-5,7-9,12,14,16,20H,6,10-11H2,1-3H3,(H,19,21)/t14-,16+/m1/s1. The molecule has 3 nitrogen and oxygen atoms in total. The van der Waals surface area contributed by atoms with Crippen molar-refractivity contribution in [3.8, 4) is 0 Å². The van der Waals surface area contributed by atoms with Gasteiger partial charge >= 0.3 is 0 Å². The van der Waals surface area contributed by atoms with E-state index in [1.54, 1.807) is 25.6 Å². The van der Waals surface area contributed by atoms with E-state index in [1.807, 2.05) is 0 Å². The van der Waals surface area contributed by atoms with Crippen molar-refractivity contribution >= 4 is 5.91 Å². The highest BCUT2D eigenvalue weighted by atomic mass is 19.1. The van der Waals surface area contributed by atoms with Crippen LogP contribution in [0.2, 0.25) is 0 Å². The fourth-order valence-electron chi connectivity index (χ4n) is 2.36. The van der Waals surface area contributed by atoms with Gasteiger partial charge in [-0.1, -0.05) is 26.0 Å². The molecule has 0 unspecified atom stereocenters. The number of halogens is 1. The molecule has 1 amide bonds. The third kappa shape index (κ3) is 6.71. The van der Waals surface area contributed by atoms with Gasteiger partial charge in [-0.2, -0.15) is 0 Å². The average Bonchev–Trinajstić information content (AvgIpc) is 2.44. The molecule has 0 saturated heterocycles. The molecule has 0 spiro atoms. The molecule has 4 heteroatoms. The predicted molar refractivity (Wildman–Crippen MR) is 82.0 cm³/mol. The van der Waals surface area contributed by atoms with Gasteiger partial charge in [0.25, 0.3) is 0 Å². The molecule has 117 valence electrons. The Morgan fingerprint density at radius 2 is 1.90 bits per heavy atom. The summed E-state index contributed by atoms with van der Waals surface area (Å²) in [6.45, 7) is 4.12. The highest BCUT2D eigenvalue weighted by Gasteiger charge is 2.22. The Morgan fingerprint density at radius 1 is 1.29 bits per heavy atom. The molecule has 1 radical (unpaired) electrons. The number of rotatable bonds is 8. The predicted octanol–water partition coefficient (Wildman–Crippen LogP) is 2.73. The molecule has 0 heterocycles. The third-order valence-electron chi connectivity index (χ3n) is 3.44. The molecule has 0 aliphatic heterocycles. The zero-order valence-electron chi connectivity index (χ0n) is 13.0. The van der Waals surface area contributed by atoms with Crippen LogP contribution in [0.4, 0.5) is 4.39 Å². The van der Waals surface area contributed by atoms with Crippen molar-refractivity contribution in [3.05, 3.63) is 42.1 Å². The average molecular weight is 294 g/mol. The van der Waals surface area contributed by atoms with Gasteiger partial charge in [-0.15, -0.1) is 0 Å². The van der Waals surface area contributed by atoms with Crippen molar-refractivity contribution in [2.45, 2.75) is 39.2 Å². The maximum Gasteiger partial charge on any atom is 0.222 e. The molecule has 0 aliphatic carbocycles. The minimum Gasteiger partial charge on any atom is -0.393 e. The highest BCUT2D eigenvalue weighted by Crippen LogP contribution is 2.19. The number of benzene rings is 1. The first-order chi connectivity index (χ1) is 9.92. The Bertz CT molecular complexity index is 431. The molecular formula is C17H25FNO2. The van der Waals surface area contributed by atoms with Gasteiger partial charge < -0.3 is 10.4 Å². The maximum absolute atomic E-state index is 12.8. The Morgan fingerprint density at radius 3 is 2.43 bits per heavy atom. The number of amides is 1. The first kappa shape index (κ1) is 17.6. The number of hydrogen-bond donors (Lipinski definition) is 2. The van der Waals surface area contributed by atoms with Crippen LogP contribution in [0.25, 0.3) is 0 Å². The smallest absolute Gasteiger partial charge is 0.222 e. The van der Waals surface area contributed by atoms with Crippen molar-refractivity contribution in [3.63, 3.8) is 0 Å². The normalized spacial score (nSPS) is 14.0. The number of carbonyl (C=O) groups excluding carboxylic acids is 1. The van der Waals surface area contributed by atoms with E-state index in [0.717, 1.165) is 12.0 Å². The molecule has 2 atom stereocenters. The molecular weight excluding hydrogens is 269 g/mol. The first-order valence-corrected chi connectivity index (χ1v) is 7.39. The van der Waals surface area contributed by atoms with Crippen LogP contribution in [0.1, 0.15) is 32.3 Å². The van der Waals surface area contributed by atoms with Gasteiger partial charge in [0.05, 0.1) is 6.10 Å². The van der Waals surface area contributed by atoms with E-state index in [4.69, 9.17) is 0 Å². The van der Waals surface area contributed by atoms with Crippen LogP contribution in [0, 0.1) is 24.1 Å². The fraction of sp³-hybridized carbons (Fsp3) is 0.529. The molecule has 21 heavy (non-hydrogen) atoms. The SMILES string of the molecule is CNC(=O)[C@H](CC(C)C)C[C@@H](O)[CH]Cc1ccc(F)cc1. The van der Waals surface area contributed by atoms with Crippen LogP contribution in [0.3, 0.4) is 0 Å². The van der Waals surface area contributed by atoms with Crippen LogP contribution in [-0.4, -0.2) is 24.2 Å². The van der Waals surface area contributed by atoms with Crippen molar-refractivity contribution in [2.75, 3.05) is 7.05 Å². The summed E-state index contributed by atoms with van der Waals surface area (Å²) in [6.07, 6.45) is 2.85. The second-order valence-corrected chi connectivity index (χ2v) is 5.81. The van der Waals surface area contributed by atoms with Crippen molar-refractivity contribution in [1.29, 1.82) is 0 Å². The summed E-state index contributed by atoms with van der Waals surface area (Å²) in [5, 5.41) is 12.7. The second kappa shape index (κ2) is 8.78. The lowest BCUT2D eigenvalue weighted by atomic mass is 9.89. The monoisotopic (exact) mass is 294 g/mol. The lowest BCUT2D eigenvalue weighted by Crippen LogP contribution is -2.31. The van der Waals surface area contributed by atoms with Crippen LogP contribution in [0.15, 0.2) is 24.3 Å². The molecule has 0 aromatic heterocycles. The summed E-state index contributed by atoms with van der Waals surface area (Å²) >= 11 is 0. The van der Waals surface area contributed by atoms with Gasteiger partial charge in [-0.3, -0.25) is 4.79 Å². The number of hydrogen-bond acceptors (Lipinski definition) is 2. The molecule has 1 aromatic carbocycles. The quantitative estimate of drug-likeness (QED) is 0.774. The maximum atomic E-state index is 12.8. The van der Waals surface area contributed by atoms with Gasteiger partial charge in [0, 0.05) is 13.0 Å². The van der Waals surface area contributed by atoms with E-state index >= 15 is 0 Å². The van der Waals surface area contributed by atoms with Gasteiger partial charge in [-0.05, 0) is 49.3 Å². The Hall–Kier alpha value is -1.42. The summed E-state index contributed by atoms with van der Waals surface area (Å²) in [5.41, 5.74) is 0.941. The zero-order valence-corrected chi connectivity index (χ0v) is 13.0. The van der Waals surface area contributed by atoms with E-state index in [2.05, 4.69) is 19.2 Å². The number of aliphatic hydroxyl groups is 1. The van der Waals surface area contributed by atoms with Gasteiger partial charge in [-0.25, -0.2) is 4.39 Å². The Balaban J connectivity index is 2.47. The van der Waals surface area contributed by atoms with E-state index in [0.29, 0.717) is 18.8 Å². The third-order valence-corrected chi connectivity index (χ3v) is 3.44. The van der Waals surface area contributed by atoms with E-state index in [1.165, 1.54) is 12.1 Å². The zero-order chi connectivity index (χ0) is 15.8. The summed E-state index contributed by atoms with van der Waals surface area (Å²) in [7, 11) is 1.62. The summed E-state index contributed by atoms with van der Waals surface area (Å²) in [4.78, 5) is 11.8. The fourth-order valence-corrected chi connectivity index (χ4v) is 2.36. The van der Waals surface area contributed by atoms with Crippen molar-refractivity contribution in [1.82, 2.24) is 5.32 Å². The number of carbonyl (C=O) groups is 1. The van der Waals surface area contributed by atoms with Gasteiger partial charge in [0.1, 0.15) is 5.82 Å². The summed E-state index contributed by atoms with van der Waals surface area (Å²) in [6, 6.07) is 6.20. The number of aliphatic hydroxyl groups excluding tert-OH is 1. The molecule has 1 aromatic rings. The molecule has 2 N–H and O–H groups in total. The topological polar surface area (TPSA) is 49.3 Å². The largest absolute Gasteiger partial charge is 0.393 e. The summed E-state index contributed by atoms with van der Waals surface area (Å²) in [5.74, 6) is -0.0834. The van der Waals surface area contributed by atoms with E-state index in [9.17, 15) is 14.3 Å². The highest BCUT2D eigenvalue weighted by molar-refractivity contribution is 5.78. The Labute approximate surface area is 126 Å². The second-order valence-electron chi connectivity index (χ2n) is 5.81. The van der Waals surface area contributed by atoms with Crippen LogP contribution in [0.5, 0.6) is 0 Å². The molecule has 0 fully saturated rings. The van der Waals surface area contributed by atoms with Crippen LogP contribution < -0.4 is 5.32 Å². The van der Waals surface area contributed by atoms with Crippen LogP contribution in [-0.2, 0) is 11.2 Å². The molecule has 0 bridgehead atoms.